The number of anilines is 1. The highest BCUT2D eigenvalue weighted by Gasteiger charge is 2.33. The number of nitrogens with zero attached hydrogens (tertiary/aromatic N) is 2. The molecule has 0 aromatic heterocycles. The van der Waals surface area contributed by atoms with Crippen LogP contribution in [0.15, 0.2) is 47.4 Å². The minimum atomic E-state index is -3.79. The molecule has 2 heterocycles. The molecule has 2 aliphatic heterocycles. The molecule has 4 rings (SSSR count). The first kappa shape index (κ1) is 22.4. The molecule has 2 aromatic carbocycles. The van der Waals surface area contributed by atoms with Crippen LogP contribution in [0.1, 0.15) is 6.92 Å². The van der Waals surface area contributed by atoms with Gasteiger partial charge in [-0.2, -0.15) is 4.31 Å². The van der Waals surface area contributed by atoms with Crippen LogP contribution in [0.4, 0.5) is 5.69 Å². The number of carbonyl (C=O) groups is 2. The van der Waals surface area contributed by atoms with Crippen molar-refractivity contribution in [3.8, 4) is 11.5 Å². The lowest BCUT2D eigenvalue weighted by atomic mass is 10.2. The first-order chi connectivity index (χ1) is 15.2. The van der Waals surface area contributed by atoms with Crippen molar-refractivity contribution in [3.05, 3.63) is 47.5 Å². The van der Waals surface area contributed by atoms with Crippen LogP contribution in [0.25, 0.3) is 0 Å². The van der Waals surface area contributed by atoms with Crippen molar-refractivity contribution in [2.75, 3.05) is 38.1 Å². The average molecular weight is 480 g/mol. The largest absolute Gasteiger partial charge is 0.482 e. The molecule has 1 fully saturated rings. The first-order valence-electron chi connectivity index (χ1n) is 10.0. The van der Waals surface area contributed by atoms with Gasteiger partial charge in [-0.3, -0.25) is 9.59 Å². The number of nitrogens with one attached hydrogen (secondary N) is 1. The molecule has 0 unspecified atom stereocenters. The normalized spacial score (nSPS) is 17.7. The summed E-state index contributed by atoms with van der Waals surface area (Å²) in [5.41, 5.74) is 0.322. The molecule has 2 aliphatic rings. The topological polar surface area (TPSA) is 105 Å². The Bertz CT molecular complexity index is 1150. The van der Waals surface area contributed by atoms with Gasteiger partial charge >= 0.3 is 0 Å². The van der Waals surface area contributed by atoms with E-state index in [2.05, 4.69) is 5.32 Å². The third kappa shape index (κ3) is 4.67. The molecule has 170 valence electrons. The number of rotatable bonds is 5. The summed E-state index contributed by atoms with van der Waals surface area (Å²) in [5, 5.41) is 3.12. The maximum atomic E-state index is 13.1. The summed E-state index contributed by atoms with van der Waals surface area (Å²) in [6.07, 6.45) is -0.735. The van der Waals surface area contributed by atoms with E-state index in [1.807, 2.05) is 0 Å². The number of halogens is 1. The van der Waals surface area contributed by atoms with Crippen LogP contribution in [0, 0.1) is 0 Å². The molecule has 0 spiro atoms. The zero-order valence-electron chi connectivity index (χ0n) is 17.3. The van der Waals surface area contributed by atoms with E-state index in [4.69, 9.17) is 21.1 Å². The Morgan fingerprint density at radius 3 is 2.62 bits per heavy atom. The predicted octanol–water partition coefficient (Wildman–Crippen LogP) is 1.97. The van der Waals surface area contributed by atoms with E-state index in [1.54, 1.807) is 36.1 Å². The summed E-state index contributed by atoms with van der Waals surface area (Å²) >= 11 is 5.95. The van der Waals surface area contributed by atoms with Gasteiger partial charge in [-0.1, -0.05) is 17.7 Å². The minimum Gasteiger partial charge on any atom is -0.482 e. The third-order valence-electron chi connectivity index (χ3n) is 5.23. The molecule has 0 saturated carbocycles. The standard InChI is InChI=1S/C21H22ClN3O6S/c1-14(31-16-4-2-3-15(22)11-16)21(27)24-7-9-25(10-8-24)32(28,29)17-5-6-19-18(12-17)23-20(26)13-30-19/h2-6,11-12,14H,7-10,13H2,1H3,(H,23,26)/t14-/m1/s1. The summed E-state index contributed by atoms with van der Waals surface area (Å²) < 4.78 is 38.4. The van der Waals surface area contributed by atoms with Crippen molar-refractivity contribution >= 4 is 39.1 Å². The number of sulfonamides is 1. The predicted molar refractivity (Wildman–Crippen MR) is 117 cm³/mol. The van der Waals surface area contributed by atoms with Gasteiger partial charge in [0.1, 0.15) is 11.5 Å². The summed E-state index contributed by atoms with van der Waals surface area (Å²) in [5.74, 6) is 0.347. The van der Waals surface area contributed by atoms with Crippen LogP contribution in [0.2, 0.25) is 5.02 Å². The lowest BCUT2D eigenvalue weighted by molar-refractivity contribution is -0.139. The van der Waals surface area contributed by atoms with Crippen LogP contribution < -0.4 is 14.8 Å². The van der Waals surface area contributed by atoms with E-state index in [-0.39, 0.29) is 49.5 Å². The Balaban J connectivity index is 1.39. The van der Waals surface area contributed by atoms with Crippen LogP contribution in [0.3, 0.4) is 0 Å². The van der Waals surface area contributed by atoms with E-state index < -0.39 is 16.1 Å². The number of hydrogen-bond acceptors (Lipinski definition) is 6. The number of benzene rings is 2. The molecule has 11 heteroatoms. The van der Waals surface area contributed by atoms with Crippen molar-refractivity contribution in [3.63, 3.8) is 0 Å². The second-order valence-corrected chi connectivity index (χ2v) is 9.82. The molecule has 32 heavy (non-hydrogen) atoms. The van der Waals surface area contributed by atoms with Gasteiger partial charge in [0.25, 0.3) is 11.8 Å². The highest BCUT2D eigenvalue weighted by atomic mass is 35.5. The Labute approximate surface area is 190 Å². The van der Waals surface area contributed by atoms with Crippen LogP contribution in [-0.2, 0) is 19.6 Å². The number of fused-ring (bicyclic) bond motifs is 1. The van der Waals surface area contributed by atoms with Gasteiger partial charge in [-0.25, -0.2) is 8.42 Å². The average Bonchev–Trinajstić information content (AvgIpc) is 2.78. The summed E-state index contributed by atoms with van der Waals surface area (Å²) in [7, 11) is -3.79. The van der Waals surface area contributed by atoms with Crippen LogP contribution >= 0.6 is 11.6 Å². The quantitative estimate of drug-likeness (QED) is 0.703. The van der Waals surface area contributed by atoms with E-state index in [0.29, 0.717) is 22.2 Å². The number of amides is 2. The fourth-order valence-corrected chi connectivity index (χ4v) is 5.20. The van der Waals surface area contributed by atoms with Gasteiger partial charge in [0.05, 0.1) is 10.6 Å². The van der Waals surface area contributed by atoms with Crippen LogP contribution in [0.5, 0.6) is 11.5 Å². The molecule has 2 aromatic rings. The highest BCUT2D eigenvalue weighted by Crippen LogP contribution is 2.31. The Morgan fingerprint density at radius 2 is 1.91 bits per heavy atom. The highest BCUT2D eigenvalue weighted by molar-refractivity contribution is 7.89. The number of piperazine rings is 1. The molecule has 0 bridgehead atoms. The van der Waals surface area contributed by atoms with Gasteiger partial charge in [0, 0.05) is 31.2 Å². The van der Waals surface area contributed by atoms with Crippen molar-refractivity contribution < 1.29 is 27.5 Å². The Morgan fingerprint density at radius 1 is 1.16 bits per heavy atom. The molecular weight excluding hydrogens is 458 g/mol. The second kappa shape index (κ2) is 8.97. The Kier molecular flexibility index (Phi) is 6.27. The lowest BCUT2D eigenvalue weighted by Gasteiger charge is -2.35. The molecule has 0 aliphatic carbocycles. The molecule has 2 amide bonds. The Hall–Kier alpha value is -2.82. The fourth-order valence-electron chi connectivity index (χ4n) is 3.57. The second-order valence-electron chi connectivity index (χ2n) is 7.44. The third-order valence-corrected chi connectivity index (χ3v) is 7.36. The maximum absolute atomic E-state index is 13.1. The molecule has 1 saturated heterocycles. The van der Waals surface area contributed by atoms with E-state index in [9.17, 15) is 18.0 Å². The monoisotopic (exact) mass is 479 g/mol. The number of hydrogen-bond donors (Lipinski definition) is 1. The molecule has 0 radical (unpaired) electrons. The van der Waals surface area contributed by atoms with Crippen molar-refractivity contribution in [1.82, 2.24) is 9.21 Å². The molecule has 1 N–H and O–H groups in total. The first-order valence-corrected chi connectivity index (χ1v) is 11.8. The number of carbonyl (C=O) groups excluding carboxylic acids is 2. The zero-order chi connectivity index (χ0) is 22.9. The SMILES string of the molecule is C[C@@H](Oc1cccc(Cl)c1)C(=O)N1CCN(S(=O)(=O)c2ccc3c(c2)NC(=O)CO3)CC1. The minimum absolute atomic E-state index is 0.0551. The van der Waals surface area contributed by atoms with Gasteiger partial charge in [-0.15, -0.1) is 0 Å². The van der Waals surface area contributed by atoms with E-state index in [0.717, 1.165) is 0 Å². The van der Waals surface area contributed by atoms with Crippen LogP contribution in [-0.4, -0.2) is 68.3 Å². The van der Waals surface area contributed by atoms with E-state index in [1.165, 1.54) is 22.5 Å². The van der Waals surface area contributed by atoms with Crippen molar-refractivity contribution in [2.24, 2.45) is 0 Å². The fraction of sp³-hybridized carbons (Fsp3) is 0.333. The maximum Gasteiger partial charge on any atom is 0.263 e. The zero-order valence-corrected chi connectivity index (χ0v) is 18.9. The summed E-state index contributed by atoms with van der Waals surface area (Å²) in [6, 6.07) is 11.1. The van der Waals surface area contributed by atoms with Gasteiger partial charge < -0.3 is 19.7 Å². The van der Waals surface area contributed by atoms with Gasteiger partial charge in [0.15, 0.2) is 12.7 Å². The molecule has 9 nitrogen and oxygen atoms in total. The lowest BCUT2D eigenvalue weighted by Crippen LogP contribution is -2.53. The van der Waals surface area contributed by atoms with Gasteiger partial charge in [0.2, 0.25) is 10.0 Å². The number of ether oxygens (including phenoxy) is 2. The molecule has 1 atom stereocenters. The van der Waals surface area contributed by atoms with E-state index >= 15 is 0 Å². The summed E-state index contributed by atoms with van der Waals surface area (Å²) in [6.45, 7) is 2.33. The molecular formula is C21H22ClN3O6S. The smallest absolute Gasteiger partial charge is 0.263 e. The summed E-state index contributed by atoms with van der Waals surface area (Å²) in [4.78, 5) is 25.9. The van der Waals surface area contributed by atoms with Crippen molar-refractivity contribution in [1.29, 1.82) is 0 Å². The van der Waals surface area contributed by atoms with Crippen molar-refractivity contribution in [2.45, 2.75) is 17.9 Å². The van der Waals surface area contributed by atoms with Gasteiger partial charge in [-0.05, 0) is 43.3 Å².